The van der Waals surface area contributed by atoms with Crippen LogP contribution in [0.3, 0.4) is 0 Å². The van der Waals surface area contributed by atoms with Crippen molar-refractivity contribution in [2.24, 2.45) is 5.73 Å². The zero-order valence-electron chi connectivity index (χ0n) is 10.5. The predicted molar refractivity (Wildman–Crippen MR) is 71.2 cm³/mol. The number of nitrogens with zero attached hydrogens (tertiary/aromatic N) is 2. The van der Waals surface area contributed by atoms with Gasteiger partial charge >= 0.3 is 0 Å². The number of nitrogens with one attached hydrogen (secondary N) is 1. The van der Waals surface area contributed by atoms with Gasteiger partial charge in [-0.1, -0.05) is 0 Å². The number of amidine groups is 1. The Kier molecular flexibility index (Phi) is 6.25. The van der Waals surface area contributed by atoms with Crippen molar-refractivity contribution in [3.63, 3.8) is 0 Å². The van der Waals surface area contributed by atoms with E-state index in [1.165, 1.54) is 5.56 Å². The van der Waals surface area contributed by atoms with Gasteiger partial charge < -0.3 is 10.6 Å². The van der Waals surface area contributed by atoms with E-state index in [0.717, 1.165) is 38.8 Å². The Labute approximate surface area is 103 Å². The average molecular weight is 234 g/mol. The number of nitrogens with two attached hydrogens (primary N) is 1. The number of aromatic nitrogens is 1. The molecule has 0 radical (unpaired) electrons. The number of unbranched alkanes of at least 4 members (excludes halogenated alkanes) is 1. The highest BCUT2D eigenvalue weighted by Gasteiger charge is 1.99. The molecule has 0 aromatic carbocycles. The molecule has 0 aliphatic heterocycles. The van der Waals surface area contributed by atoms with Crippen LogP contribution in [0.1, 0.15) is 24.8 Å². The molecule has 0 unspecified atom stereocenters. The first-order valence-electron chi connectivity index (χ1n) is 6.09. The molecule has 0 fully saturated rings. The molecule has 17 heavy (non-hydrogen) atoms. The van der Waals surface area contributed by atoms with Gasteiger partial charge in [0.15, 0.2) is 0 Å². The van der Waals surface area contributed by atoms with Crippen LogP contribution in [0.5, 0.6) is 0 Å². The summed E-state index contributed by atoms with van der Waals surface area (Å²) in [5, 5.41) is 7.13. The van der Waals surface area contributed by atoms with Crippen LogP contribution >= 0.6 is 0 Å². The highest BCUT2D eigenvalue weighted by atomic mass is 15.1. The van der Waals surface area contributed by atoms with Crippen LogP contribution in [0.15, 0.2) is 24.5 Å². The molecule has 0 atom stereocenters. The summed E-state index contributed by atoms with van der Waals surface area (Å²) in [5.74, 6) is 0.296. The van der Waals surface area contributed by atoms with E-state index in [1.807, 2.05) is 12.4 Å². The van der Waals surface area contributed by atoms with Crippen LogP contribution in [0, 0.1) is 5.41 Å². The van der Waals surface area contributed by atoms with Gasteiger partial charge in [0.2, 0.25) is 0 Å². The minimum atomic E-state index is 0.296. The molecular weight excluding hydrogens is 212 g/mol. The van der Waals surface area contributed by atoms with Crippen molar-refractivity contribution in [2.75, 3.05) is 20.1 Å². The van der Waals surface area contributed by atoms with E-state index in [9.17, 15) is 0 Å². The van der Waals surface area contributed by atoms with Gasteiger partial charge in [-0.25, -0.2) is 0 Å². The minimum Gasteiger partial charge on any atom is -0.388 e. The molecule has 0 saturated carbocycles. The molecule has 1 aromatic heterocycles. The van der Waals surface area contributed by atoms with E-state index in [1.54, 1.807) is 0 Å². The van der Waals surface area contributed by atoms with Crippen molar-refractivity contribution in [1.29, 1.82) is 5.41 Å². The molecule has 4 heteroatoms. The van der Waals surface area contributed by atoms with Crippen molar-refractivity contribution in [3.05, 3.63) is 30.1 Å². The minimum absolute atomic E-state index is 0.296. The second-order valence-electron chi connectivity index (χ2n) is 4.39. The summed E-state index contributed by atoms with van der Waals surface area (Å²) in [7, 11) is 2.13. The molecule has 3 N–H and O–H groups in total. The molecule has 0 aliphatic rings. The smallest absolute Gasteiger partial charge is 0.0905 e. The van der Waals surface area contributed by atoms with E-state index in [0.29, 0.717) is 5.84 Å². The van der Waals surface area contributed by atoms with E-state index in [2.05, 4.69) is 29.1 Å². The Balaban J connectivity index is 2.09. The summed E-state index contributed by atoms with van der Waals surface area (Å²) in [6, 6.07) is 4.12. The van der Waals surface area contributed by atoms with Gasteiger partial charge in [0, 0.05) is 25.4 Å². The zero-order chi connectivity index (χ0) is 12.5. The predicted octanol–water partition coefficient (Wildman–Crippen LogP) is 1.66. The maximum absolute atomic E-state index is 7.13. The summed E-state index contributed by atoms with van der Waals surface area (Å²) in [6.07, 6.45) is 7.57. The van der Waals surface area contributed by atoms with E-state index in [-0.39, 0.29) is 0 Å². The third-order valence-electron chi connectivity index (χ3n) is 2.77. The summed E-state index contributed by atoms with van der Waals surface area (Å²) < 4.78 is 0. The Morgan fingerprint density at radius 1 is 1.29 bits per heavy atom. The second kappa shape index (κ2) is 7.79. The van der Waals surface area contributed by atoms with Gasteiger partial charge in [-0.05, 0) is 50.6 Å². The molecule has 0 spiro atoms. The number of rotatable bonds is 8. The average Bonchev–Trinajstić information content (AvgIpc) is 2.33. The van der Waals surface area contributed by atoms with Crippen LogP contribution in [0.4, 0.5) is 0 Å². The summed E-state index contributed by atoms with van der Waals surface area (Å²) in [5.41, 5.74) is 6.64. The Morgan fingerprint density at radius 2 is 2.00 bits per heavy atom. The van der Waals surface area contributed by atoms with Crippen LogP contribution < -0.4 is 5.73 Å². The highest BCUT2D eigenvalue weighted by Crippen LogP contribution is 2.01. The highest BCUT2D eigenvalue weighted by molar-refractivity contribution is 5.76. The number of hydrogen-bond acceptors (Lipinski definition) is 3. The lowest BCUT2D eigenvalue weighted by Crippen LogP contribution is -2.22. The summed E-state index contributed by atoms with van der Waals surface area (Å²) in [6.45, 7) is 2.13. The Hall–Kier alpha value is -1.42. The van der Waals surface area contributed by atoms with Gasteiger partial charge in [-0.15, -0.1) is 0 Å². The largest absolute Gasteiger partial charge is 0.388 e. The fraction of sp³-hybridized carbons (Fsp3) is 0.538. The lowest BCUT2D eigenvalue weighted by atomic mass is 10.2. The molecule has 1 heterocycles. The molecule has 0 aliphatic carbocycles. The fourth-order valence-corrected chi connectivity index (χ4v) is 1.68. The first-order valence-corrected chi connectivity index (χ1v) is 6.09. The number of hydrogen-bond donors (Lipinski definition) is 2. The molecule has 1 aromatic rings. The van der Waals surface area contributed by atoms with Crippen molar-refractivity contribution in [1.82, 2.24) is 9.88 Å². The van der Waals surface area contributed by atoms with Crippen molar-refractivity contribution in [3.8, 4) is 0 Å². The van der Waals surface area contributed by atoms with Crippen LogP contribution in [0.25, 0.3) is 0 Å². The van der Waals surface area contributed by atoms with Crippen molar-refractivity contribution in [2.45, 2.75) is 25.7 Å². The normalized spacial score (nSPS) is 10.7. The lowest BCUT2D eigenvalue weighted by Gasteiger charge is -2.16. The lowest BCUT2D eigenvalue weighted by molar-refractivity contribution is 0.331. The first kappa shape index (κ1) is 13.6. The second-order valence-corrected chi connectivity index (χ2v) is 4.39. The molecule has 0 bridgehead atoms. The van der Waals surface area contributed by atoms with Crippen LogP contribution in [-0.2, 0) is 6.42 Å². The number of pyridine rings is 1. The topological polar surface area (TPSA) is 66.0 Å². The fourth-order valence-electron chi connectivity index (χ4n) is 1.68. The van der Waals surface area contributed by atoms with Gasteiger partial charge in [-0.3, -0.25) is 10.4 Å². The monoisotopic (exact) mass is 234 g/mol. The van der Waals surface area contributed by atoms with Gasteiger partial charge in [0.05, 0.1) is 5.84 Å². The van der Waals surface area contributed by atoms with E-state index >= 15 is 0 Å². The third-order valence-corrected chi connectivity index (χ3v) is 2.77. The Bertz CT molecular complexity index is 323. The van der Waals surface area contributed by atoms with E-state index in [4.69, 9.17) is 11.1 Å². The molecular formula is C13H22N4. The van der Waals surface area contributed by atoms with Crippen molar-refractivity contribution >= 4 is 5.84 Å². The maximum atomic E-state index is 7.13. The molecule has 0 amide bonds. The van der Waals surface area contributed by atoms with Gasteiger partial charge in [0.25, 0.3) is 0 Å². The molecule has 1 rings (SSSR count). The molecule has 4 nitrogen and oxygen atoms in total. The SMILES string of the molecule is CN(CCCCC(=N)N)CCc1ccncc1. The van der Waals surface area contributed by atoms with Gasteiger partial charge in [0.1, 0.15) is 0 Å². The number of likely N-dealkylation sites (N-methyl/N-ethyl adjacent to an activating group) is 1. The first-order chi connectivity index (χ1) is 8.18. The van der Waals surface area contributed by atoms with Crippen molar-refractivity contribution < 1.29 is 0 Å². The third kappa shape index (κ3) is 6.68. The molecule has 94 valence electrons. The summed E-state index contributed by atoms with van der Waals surface area (Å²) >= 11 is 0. The maximum Gasteiger partial charge on any atom is 0.0905 e. The molecule has 0 saturated heterocycles. The van der Waals surface area contributed by atoms with Crippen LogP contribution in [0.2, 0.25) is 0 Å². The quantitative estimate of drug-likeness (QED) is 0.408. The van der Waals surface area contributed by atoms with Gasteiger partial charge in [-0.2, -0.15) is 0 Å². The standard InChI is InChI=1S/C13H22N4/c1-17(10-3-2-4-13(14)15)11-7-12-5-8-16-9-6-12/h5-6,8-9H,2-4,7,10-11H2,1H3,(H3,14,15). The zero-order valence-corrected chi connectivity index (χ0v) is 10.5. The Morgan fingerprint density at radius 3 is 2.65 bits per heavy atom. The van der Waals surface area contributed by atoms with E-state index < -0.39 is 0 Å². The summed E-state index contributed by atoms with van der Waals surface area (Å²) in [4.78, 5) is 6.32. The van der Waals surface area contributed by atoms with Crippen LogP contribution in [-0.4, -0.2) is 35.9 Å².